The van der Waals surface area contributed by atoms with Gasteiger partial charge in [-0.15, -0.1) is 5.10 Å². The van der Waals surface area contributed by atoms with E-state index < -0.39 is 0 Å². The molecule has 3 aromatic rings. The van der Waals surface area contributed by atoms with Crippen molar-refractivity contribution < 1.29 is 0 Å². The highest BCUT2D eigenvalue weighted by Gasteiger charge is 2.00. The van der Waals surface area contributed by atoms with Gasteiger partial charge in [0.1, 0.15) is 0 Å². The number of aryl methyl sites for hydroxylation is 2. The lowest BCUT2D eigenvalue weighted by atomic mass is 10.1. The number of thiazole rings is 1. The van der Waals surface area contributed by atoms with E-state index in [9.17, 15) is 0 Å². The Hall–Kier alpha value is -2.20. The molecule has 0 N–H and O–H groups in total. The van der Waals surface area contributed by atoms with Crippen molar-refractivity contribution in [3.8, 4) is 0 Å². The Labute approximate surface area is 127 Å². The van der Waals surface area contributed by atoms with E-state index >= 15 is 0 Å². The van der Waals surface area contributed by atoms with Crippen LogP contribution in [0.5, 0.6) is 0 Å². The normalized spacial score (nSPS) is 12.6. The third-order valence-electron chi connectivity index (χ3n) is 3.45. The summed E-state index contributed by atoms with van der Waals surface area (Å²) in [5.41, 5.74) is 3.59. The zero-order valence-electron chi connectivity index (χ0n) is 12.2. The van der Waals surface area contributed by atoms with Gasteiger partial charge in [-0.1, -0.05) is 54.7 Å². The summed E-state index contributed by atoms with van der Waals surface area (Å²) in [5.74, 6) is 0. The maximum atomic E-state index is 4.33. The maximum absolute atomic E-state index is 4.33. The zero-order valence-corrected chi connectivity index (χ0v) is 13.0. The predicted octanol–water partition coefficient (Wildman–Crippen LogP) is 3.74. The van der Waals surface area contributed by atoms with Crippen molar-refractivity contribution in [1.82, 2.24) is 4.57 Å². The minimum Gasteiger partial charge on any atom is -0.318 e. The molecule has 0 aliphatic carbocycles. The first kappa shape index (κ1) is 13.8. The lowest BCUT2D eigenvalue weighted by molar-refractivity contribution is 0.889. The van der Waals surface area contributed by atoms with E-state index in [0.717, 1.165) is 16.8 Å². The Morgan fingerprint density at radius 1 is 1.10 bits per heavy atom. The van der Waals surface area contributed by atoms with Crippen molar-refractivity contribution >= 4 is 27.8 Å². The second-order valence-electron chi connectivity index (χ2n) is 4.85. The smallest absolute Gasteiger partial charge is 0.211 e. The van der Waals surface area contributed by atoms with E-state index in [1.54, 1.807) is 17.6 Å². The highest BCUT2D eigenvalue weighted by Crippen LogP contribution is 2.15. The van der Waals surface area contributed by atoms with Crippen LogP contribution < -0.4 is 4.80 Å². The van der Waals surface area contributed by atoms with Gasteiger partial charge in [0.2, 0.25) is 4.80 Å². The minimum atomic E-state index is 0.901. The Kier molecular flexibility index (Phi) is 3.97. The van der Waals surface area contributed by atoms with Crippen molar-refractivity contribution in [2.45, 2.75) is 13.3 Å². The van der Waals surface area contributed by atoms with E-state index in [2.05, 4.69) is 58.1 Å². The van der Waals surface area contributed by atoms with Gasteiger partial charge in [-0.25, -0.2) is 0 Å². The number of para-hydroxylation sites is 1. The molecule has 1 aromatic heterocycles. The summed E-state index contributed by atoms with van der Waals surface area (Å²) in [4.78, 5) is 0.901. The lowest BCUT2D eigenvalue weighted by Crippen LogP contribution is -2.08. The Morgan fingerprint density at radius 3 is 2.57 bits per heavy atom. The molecule has 3 rings (SSSR count). The van der Waals surface area contributed by atoms with E-state index in [1.807, 2.05) is 19.2 Å². The van der Waals surface area contributed by atoms with Crippen molar-refractivity contribution in [1.29, 1.82) is 0 Å². The van der Waals surface area contributed by atoms with Crippen molar-refractivity contribution in [2.75, 3.05) is 0 Å². The molecule has 3 nitrogen and oxygen atoms in total. The first-order valence-corrected chi connectivity index (χ1v) is 7.80. The highest BCUT2D eigenvalue weighted by atomic mass is 32.1. The number of nitrogens with zero attached hydrogens (tertiary/aromatic N) is 3. The second-order valence-corrected chi connectivity index (χ2v) is 5.86. The van der Waals surface area contributed by atoms with Gasteiger partial charge in [0.25, 0.3) is 0 Å². The summed E-state index contributed by atoms with van der Waals surface area (Å²) in [6.45, 7) is 2.15. The molecule has 0 unspecified atom stereocenters. The average Bonchev–Trinajstić information content (AvgIpc) is 2.85. The number of benzene rings is 2. The fourth-order valence-electron chi connectivity index (χ4n) is 2.16. The van der Waals surface area contributed by atoms with Gasteiger partial charge >= 0.3 is 0 Å². The van der Waals surface area contributed by atoms with E-state index in [4.69, 9.17) is 0 Å². The van der Waals surface area contributed by atoms with Crippen LogP contribution in [-0.4, -0.2) is 10.8 Å². The minimum absolute atomic E-state index is 0.901. The molecule has 0 spiro atoms. The molecule has 0 atom stereocenters. The molecular weight excluding hydrogens is 278 g/mol. The van der Waals surface area contributed by atoms with Crippen molar-refractivity contribution in [3.63, 3.8) is 0 Å². The summed E-state index contributed by atoms with van der Waals surface area (Å²) in [6.07, 6.45) is 2.85. The van der Waals surface area contributed by atoms with Crippen LogP contribution in [0.3, 0.4) is 0 Å². The number of rotatable bonds is 3. The van der Waals surface area contributed by atoms with E-state index in [-0.39, 0.29) is 0 Å². The largest absolute Gasteiger partial charge is 0.318 e. The van der Waals surface area contributed by atoms with Crippen LogP contribution in [0.2, 0.25) is 0 Å². The van der Waals surface area contributed by atoms with Crippen LogP contribution in [0.25, 0.3) is 10.2 Å². The molecule has 0 fully saturated rings. The van der Waals surface area contributed by atoms with Crippen LogP contribution in [-0.2, 0) is 13.5 Å². The van der Waals surface area contributed by atoms with Crippen LogP contribution >= 0.6 is 11.3 Å². The van der Waals surface area contributed by atoms with Crippen LogP contribution in [0.1, 0.15) is 18.1 Å². The topological polar surface area (TPSA) is 29.6 Å². The molecular formula is C17H17N3S. The molecule has 0 aliphatic rings. The Bertz CT molecular complexity index is 838. The Morgan fingerprint density at radius 2 is 1.86 bits per heavy atom. The summed E-state index contributed by atoms with van der Waals surface area (Å²) < 4.78 is 3.29. The number of hydrogen-bond donors (Lipinski definition) is 0. The summed E-state index contributed by atoms with van der Waals surface area (Å²) in [7, 11) is 2.02. The maximum Gasteiger partial charge on any atom is 0.211 e. The van der Waals surface area contributed by atoms with Crippen LogP contribution in [0.15, 0.2) is 58.7 Å². The van der Waals surface area contributed by atoms with Crippen LogP contribution in [0, 0.1) is 0 Å². The predicted molar refractivity (Wildman–Crippen MR) is 89.8 cm³/mol. The second kappa shape index (κ2) is 6.06. The molecule has 0 radical (unpaired) electrons. The molecule has 4 heteroatoms. The molecule has 106 valence electrons. The third kappa shape index (κ3) is 2.95. The molecule has 0 saturated carbocycles. The molecule has 21 heavy (non-hydrogen) atoms. The molecule has 0 amide bonds. The van der Waals surface area contributed by atoms with Gasteiger partial charge in [0.15, 0.2) is 0 Å². The standard InChI is InChI=1S/C17H17N3S/c1-3-13-8-10-14(11-9-13)12-18-19-17-20(2)15-6-4-5-7-16(15)21-17/h4-12H,3H2,1-2H3/b18-12-,19-17-. The van der Waals surface area contributed by atoms with Gasteiger partial charge in [-0.05, 0) is 29.7 Å². The van der Waals surface area contributed by atoms with Gasteiger partial charge in [-0.3, -0.25) is 0 Å². The Balaban J connectivity index is 1.89. The molecule has 0 bridgehead atoms. The first-order valence-electron chi connectivity index (χ1n) is 6.98. The van der Waals surface area contributed by atoms with Gasteiger partial charge in [0.05, 0.1) is 16.4 Å². The highest BCUT2D eigenvalue weighted by molar-refractivity contribution is 7.16. The van der Waals surface area contributed by atoms with Crippen LogP contribution in [0.4, 0.5) is 0 Å². The number of hydrogen-bond acceptors (Lipinski definition) is 3. The summed E-state index contributed by atoms with van der Waals surface area (Å²) in [5, 5.41) is 8.54. The summed E-state index contributed by atoms with van der Waals surface area (Å²) >= 11 is 1.65. The lowest BCUT2D eigenvalue weighted by Gasteiger charge is -1.95. The van der Waals surface area contributed by atoms with Gasteiger partial charge < -0.3 is 4.57 Å². The molecule has 0 aliphatic heterocycles. The number of fused-ring (bicyclic) bond motifs is 1. The quantitative estimate of drug-likeness (QED) is 0.520. The SMILES string of the molecule is CCc1ccc(/C=N\N=c2/sc3ccccc3n2C)cc1. The zero-order chi connectivity index (χ0) is 14.7. The molecule has 0 saturated heterocycles. The fourth-order valence-corrected chi connectivity index (χ4v) is 3.14. The van der Waals surface area contributed by atoms with Gasteiger partial charge in [0, 0.05) is 7.05 Å². The van der Waals surface area contributed by atoms with Gasteiger partial charge in [-0.2, -0.15) is 5.10 Å². The molecule has 1 heterocycles. The first-order chi connectivity index (χ1) is 10.3. The summed E-state index contributed by atoms with van der Waals surface area (Å²) in [6, 6.07) is 16.7. The van der Waals surface area contributed by atoms with E-state index in [0.29, 0.717) is 0 Å². The molecule has 2 aromatic carbocycles. The fraction of sp³-hybridized carbons (Fsp3) is 0.176. The van der Waals surface area contributed by atoms with E-state index in [1.165, 1.54) is 15.8 Å². The number of aromatic nitrogens is 1. The third-order valence-corrected chi connectivity index (χ3v) is 4.56. The van der Waals surface area contributed by atoms with Crippen molar-refractivity contribution in [3.05, 3.63) is 64.5 Å². The monoisotopic (exact) mass is 295 g/mol. The average molecular weight is 295 g/mol. The van der Waals surface area contributed by atoms with Crippen molar-refractivity contribution in [2.24, 2.45) is 17.3 Å².